The predicted molar refractivity (Wildman–Crippen MR) is 126 cm³/mol. The molecule has 1 aromatic heterocycles. The van der Waals surface area contributed by atoms with Crippen LogP contribution in [-0.2, 0) is 29.2 Å². The highest BCUT2D eigenvalue weighted by molar-refractivity contribution is 7.89. The van der Waals surface area contributed by atoms with Crippen LogP contribution in [0.15, 0.2) is 59.6 Å². The van der Waals surface area contributed by atoms with E-state index in [0.717, 1.165) is 54.9 Å². The van der Waals surface area contributed by atoms with E-state index in [1.165, 1.54) is 9.87 Å². The number of nitrogens with zero attached hydrogens (tertiary/aromatic N) is 5. The maximum absolute atomic E-state index is 12.8. The Hall–Kier alpha value is -2.76. The van der Waals surface area contributed by atoms with Crippen LogP contribution in [0, 0.1) is 0 Å². The summed E-state index contributed by atoms with van der Waals surface area (Å²) in [4.78, 5) is 2.06. The highest BCUT2D eigenvalue weighted by atomic mass is 32.2. The van der Waals surface area contributed by atoms with Crippen molar-refractivity contribution in [2.45, 2.75) is 37.4 Å². The summed E-state index contributed by atoms with van der Waals surface area (Å²) in [5, 5.41) is 8.46. The summed E-state index contributed by atoms with van der Waals surface area (Å²) in [5.41, 5.74) is 2.26. The van der Waals surface area contributed by atoms with Crippen LogP contribution >= 0.6 is 0 Å². The molecule has 1 aliphatic heterocycles. The first-order valence-corrected chi connectivity index (χ1v) is 13.0. The smallest absolute Gasteiger partial charge is 0.301 e. The lowest BCUT2D eigenvalue weighted by Gasteiger charge is -2.34. The summed E-state index contributed by atoms with van der Waals surface area (Å²) in [6, 6.07) is 11.9. The van der Waals surface area contributed by atoms with Crippen LogP contribution < -0.4 is 0 Å². The molecule has 2 aromatic carbocycles. The molecular formula is C24H28F3N5O2S. The first-order chi connectivity index (χ1) is 16.7. The molecule has 0 amide bonds. The van der Waals surface area contributed by atoms with Gasteiger partial charge in [0.15, 0.2) is 0 Å². The summed E-state index contributed by atoms with van der Waals surface area (Å²) in [5.74, 6) is 0. The summed E-state index contributed by atoms with van der Waals surface area (Å²) < 4.78 is 67.0. The number of halogens is 3. The molecule has 2 heterocycles. The second-order valence-electron chi connectivity index (χ2n) is 8.54. The summed E-state index contributed by atoms with van der Waals surface area (Å²) in [6.45, 7) is 5.32. The normalized spacial score (nSPS) is 16.0. The molecule has 0 N–H and O–H groups in total. The largest absolute Gasteiger partial charge is 0.416 e. The van der Waals surface area contributed by atoms with Gasteiger partial charge in [-0.05, 0) is 42.7 Å². The number of hydrogen-bond donors (Lipinski definition) is 0. The fraction of sp³-hybridized carbons (Fsp3) is 0.417. The zero-order valence-electron chi connectivity index (χ0n) is 19.4. The Balaban J connectivity index is 1.25. The zero-order valence-corrected chi connectivity index (χ0v) is 20.3. The number of sulfonamides is 1. The lowest BCUT2D eigenvalue weighted by Crippen LogP contribution is -2.48. The third kappa shape index (κ3) is 6.09. The van der Waals surface area contributed by atoms with E-state index in [4.69, 9.17) is 0 Å². The monoisotopic (exact) mass is 507 g/mol. The number of alkyl halides is 3. The lowest BCUT2D eigenvalue weighted by atomic mass is 10.1. The minimum atomic E-state index is -4.50. The number of benzene rings is 2. The summed E-state index contributed by atoms with van der Waals surface area (Å²) in [6.07, 6.45) is -0.747. The Bertz CT molecular complexity index is 1220. The molecule has 7 nitrogen and oxygen atoms in total. The van der Waals surface area contributed by atoms with Crippen molar-refractivity contribution in [2.75, 3.05) is 32.7 Å². The van der Waals surface area contributed by atoms with Crippen LogP contribution in [0.2, 0.25) is 0 Å². The van der Waals surface area contributed by atoms with Gasteiger partial charge in [0.1, 0.15) is 5.69 Å². The molecule has 3 aromatic rings. The Kier molecular flexibility index (Phi) is 7.58. The molecule has 1 fully saturated rings. The van der Waals surface area contributed by atoms with E-state index in [-0.39, 0.29) is 4.90 Å². The fourth-order valence-electron chi connectivity index (χ4n) is 4.07. The molecule has 11 heteroatoms. The van der Waals surface area contributed by atoms with E-state index in [1.807, 2.05) is 23.0 Å². The van der Waals surface area contributed by atoms with E-state index < -0.39 is 21.8 Å². The van der Waals surface area contributed by atoms with Crippen molar-refractivity contribution in [1.29, 1.82) is 0 Å². The second kappa shape index (κ2) is 10.5. The maximum Gasteiger partial charge on any atom is 0.416 e. The van der Waals surface area contributed by atoms with E-state index in [9.17, 15) is 21.6 Å². The maximum atomic E-state index is 12.8. The molecule has 0 saturated carbocycles. The van der Waals surface area contributed by atoms with Crippen molar-refractivity contribution in [3.63, 3.8) is 0 Å². The van der Waals surface area contributed by atoms with Crippen molar-refractivity contribution >= 4 is 10.0 Å². The van der Waals surface area contributed by atoms with E-state index in [0.29, 0.717) is 32.7 Å². The fourth-order valence-corrected chi connectivity index (χ4v) is 5.49. The molecule has 0 unspecified atom stereocenters. The van der Waals surface area contributed by atoms with E-state index in [1.54, 1.807) is 0 Å². The Morgan fingerprint density at radius 1 is 0.914 bits per heavy atom. The topological polar surface area (TPSA) is 71.3 Å². The summed E-state index contributed by atoms with van der Waals surface area (Å²) in [7, 11) is -3.82. The van der Waals surface area contributed by atoms with Gasteiger partial charge < -0.3 is 4.90 Å². The predicted octanol–water partition coefficient (Wildman–Crippen LogP) is 3.92. The Morgan fingerprint density at radius 2 is 1.57 bits per heavy atom. The Labute approximate surface area is 203 Å². The molecule has 1 saturated heterocycles. The van der Waals surface area contributed by atoms with Crippen LogP contribution in [0.25, 0.3) is 11.3 Å². The van der Waals surface area contributed by atoms with Gasteiger partial charge in [0.2, 0.25) is 10.0 Å². The number of rotatable bonds is 8. The van der Waals surface area contributed by atoms with Crippen molar-refractivity contribution in [3.05, 3.63) is 65.9 Å². The number of aryl methyl sites for hydroxylation is 2. The van der Waals surface area contributed by atoms with Crippen LogP contribution in [0.1, 0.15) is 24.5 Å². The first-order valence-electron chi connectivity index (χ1n) is 11.6. The van der Waals surface area contributed by atoms with Gasteiger partial charge in [0.05, 0.1) is 16.7 Å². The molecular weight excluding hydrogens is 479 g/mol. The van der Waals surface area contributed by atoms with Crippen LogP contribution in [0.5, 0.6) is 0 Å². The van der Waals surface area contributed by atoms with Crippen LogP contribution in [0.4, 0.5) is 13.2 Å². The standard InChI is InChI=1S/C24H28F3N5O2S/c1-2-19-4-6-20(7-5-19)23-18-31(29-28-23)13-3-12-30-14-16-32(17-15-30)35(33,34)22-10-8-21(9-11-22)24(25,26)27/h4-11,18H,2-3,12-17H2,1H3. The van der Waals surface area contributed by atoms with E-state index in [2.05, 4.69) is 34.3 Å². The molecule has 0 aliphatic carbocycles. The minimum Gasteiger partial charge on any atom is -0.301 e. The van der Waals surface area contributed by atoms with Gasteiger partial charge in [-0.3, -0.25) is 4.68 Å². The molecule has 4 rings (SSSR count). The second-order valence-corrected chi connectivity index (χ2v) is 10.5. The van der Waals surface area contributed by atoms with Gasteiger partial charge in [-0.1, -0.05) is 36.4 Å². The van der Waals surface area contributed by atoms with Crippen molar-refractivity contribution in [1.82, 2.24) is 24.2 Å². The first kappa shape index (κ1) is 25.3. The van der Waals surface area contributed by atoms with Gasteiger partial charge in [-0.15, -0.1) is 5.10 Å². The molecule has 1 aliphatic rings. The van der Waals surface area contributed by atoms with Crippen molar-refractivity contribution in [2.24, 2.45) is 0 Å². The SMILES string of the molecule is CCc1ccc(-c2cn(CCCN3CCN(S(=O)(=O)c4ccc(C(F)(F)F)cc4)CC3)nn2)cc1. The zero-order chi connectivity index (χ0) is 25.1. The van der Waals surface area contributed by atoms with Gasteiger partial charge >= 0.3 is 6.18 Å². The molecule has 0 atom stereocenters. The molecule has 0 spiro atoms. The number of piperazine rings is 1. The quantitative estimate of drug-likeness (QED) is 0.462. The van der Waals surface area contributed by atoms with Crippen LogP contribution in [-0.4, -0.2) is 65.3 Å². The van der Waals surface area contributed by atoms with Crippen molar-refractivity contribution < 1.29 is 21.6 Å². The van der Waals surface area contributed by atoms with Gasteiger partial charge in [-0.25, -0.2) is 8.42 Å². The van der Waals surface area contributed by atoms with Crippen LogP contribution in [0.3, 0.4) is 0 Å². The highest BCUT2D eigenvalue weighted by Crippen LogP contribution is 2.30. The summed E-state index contributed by atoms with van der Waals surface area (Å²) >= 11 is 0. The minimum absolute atomic E-state index is 0.120. The van der Waals surface area contributed by atoms with E-state index >= 15 is 0 Å². The molecule has 0 radical (unpaired) electrons. The molecule has 0 bridgehead atoms. The van der Waals surface area contributed by atoms with Gasteiger partial charge in [0, 0.05) is 44.8 Å². The third-order valence-electron chi connectivity index (χ3n) is 6.21. The van der Waals surface area contributed by atoms with Gasteiger partial charge in [-0.2, -0.15) is 17.5 Å². The molecule has 188 valence electrons. The third-order valence-corrected chi connectivity index (χ3v) is 8.12. The average Bonchev–Trinajstić information content (AvgIpc) is 3.33. The van der Waals surface area contributed by atoms with Crippen molar-refractivity contribution in [3.8, 4) is 11.3 Å². The number of hydrogen-bond acceptors (Lipinski definition) is 5. The Morgan fingerprint density at radius 3 is 2.17 bits per heavy atom. The molecule has 35 heavy (non-hydrogen) atoms. The lowest BCUT2D eigenvalue weighted by molar-refractivity contribution is -0.137. The average molecular weight is 508 g/mol. The highest BCUT2D eigenvalue weighted by Gasteiger charge is 2.32. The number of aromatic nitrogens is 3. The van der Waals surface area contributed by atoms with Gasteiger partial charge in [0.25, 0.3) is 0 Å².